The van der Waals surface area contributed by atoms with Gasteiger partial charge in [0.05, 0.1) is 30.9 Å². The number of amides is 4. The lowest BCUT2D eigenvalue weighted by Crippen LogP contribution is -2.54. The average molecular weight is 516 g/mol. The maximum atomic E-state index is 12.9. The number of hydrogen-bond donors (Lipinski definition) is 2. The molecule has 0 saturated carbocycles. The van der Waals surface area contributed by atoms with Crippen molar-refractivity contribution in [1.82, 2.24) is 20.0 Å². The summed E-state index contributed by atoms with van der Waals surface area (Å²) in [5, 5.41) is 2.21. The minimum Gasteiger partial charge on any atom is -0.380 e. The van der Waals surface area contributed by atoms with Crippen LogP contribution in [-0.4, -0.2) is 117 Å². The van der Waals surface area contributed by atoms with Crippen molar-refractivity contribution in [2.45, 2.75) is 31.7 Å². The number of hydrogen-bond acceptors (Lipinski definition) is 9. The topological polar surface area (TPSA) is 135 Å². The van der Waals surface area contributed by atoms with Crippen LogP contribution >= 0.6 is 0 Å². The van der Waals surface area contributed by atoms with Gasteiger partial charge in [-0.25, -0.2) is 0 Å². The van der Waals surface area contributed by atoms with Gasteiger partial charge in [-0.15, -0.1) is 0 Å². The molecule has 2 fully saturated rings. The maximum absolute atomic E-state index is 12.9. The summed E-state index contributed by atoms with van der Waals surface area (Å²) in [7, 11) is 0. The van der Waals surface area contributed by atoms with Gasteiger partial charge in [0.25, 0.3) is 11.8 Å². The molecule has 1 atom stereocenters. The van der Waals surface area contributed by atoms with Crippen LogP contribution in [0.4, 0.5) is 0 Å². The average Bonchev–Trinajstić information content (AvgIpc) is 3.14. The van der Waals surface area contributed by atoms with Gasteiger partial charge < -0.3 is 15.2 Å². The Morgan fingerprint density at radius 3 is 2.16 bits per heavy atom. The van der Waals surface area contributed by atoms with Crippen LogP contribution in [0.5, 0.6) is 0 Å². The molecule has 1 unspecified atom stereocenters. The zero-order valence-electron chi connectivity index (χ0n) is 21.3. The van der Waals surface area contributed by atoms with Gasteiger partial charge in [-0.05, 0) is 37.0 Å². The molecule has 4 amide bonds. The molecule has 1 aromatic rings. The van der Waals surface area contributed by atoms with E-state index >= 15 is 0 Å². The molecule has 0 aromatic heterocycles. The van der Waals surface area contributed by atoms with Crippen molar-refractivity contribution >= 4 is 23.6 Å². The van der Waals surface area contributed by atoms with Crippen molar-refractivity contribution in [2.24, 2.45) is 5.73 Å². The fourth-order valence-electron chi connectivity index (χ4n) is 4.96. The predicted molar refractivity (Wildman–Crippen MR) is 135 cm³/mol. The summed E-state index contributed by atoms with van der Waals surface area (Å²) >= 11 is 0. The van der Waals surface area contributed by atoms with Crippen LogP contribution in [0, 0.1) is 0 Å². The van der Waals surface area contributed by atoms with Gasteiger partial charge in [0, 0.05) is 58.8 Å². The van der Waals surface area contributed by atoms with Crippen molar-refractivity contribution in [3.8, 4) is 0 Å². The van der Waals surface area contributed by atoms with Crippen molar-refractivity contribution in [1.29, 1.82) is 0 Å². The van der Waals surface area contributed by atoms with Crippen molar-refractivity contribution < 1.29 is 28.7 Å². The second kappa shape index (κ2) is 13.2. The molecule has 3 aliphatic rings. The molecule has 3 N–H and O–H groups in total. The van der Waals surface area contributed by atoms with Crippen LogP contribution in [0.15, 0.2) is 18.2 Å². The van der Waals surface area contributed by atoms with E-state index in [0.717, 1.165) is 69.2 Å². The standard InChI is InChI=1S/C26H37N5O6/c27-7-15-37-17-13-30-10-8-29(9-11-30)12-16-36-14-1-2-19-3-4-20-21(18-19)26(35)31(25(20)34)22-5-6-23(32)28-24(22)33/h3-4,18,22H,1-2,5-17,27H2,(H,28,32,33). The number of imide groups is 2. The highest BCUT2D eigenvalue weighted by Crippen LogP contribution is 2.28. The Labute approximate surface area is 217 Å². The number of aryl methyl sites for hydroxylation is 1. The summed E-state index contributed by atoms with van der Waals surface area (Å²) in [6, 6.07) is 4.29. The largest absolute Gasteiger partial charge is 0.380 e. The molecule has 0 radical (unpaired) electrons. The minimum absolute atomic E-state index is 0.107. The molecule has 0 spiro atoms. The van der Waals surface area contributed by atoms with Gasteiger partial charge in [0.1, 0.15) is 6.04 Å². The lowest BCUT2D eigenvalue weighted by Gasteiger charge is -2.34. The molecule has 0 bridgehead atoms. The summed E-state index contributed by atoms with van der Waals surface area (Å²) in [5.74, 6) is -1.94. The number of piperidine rings is 1. The highest BCUT2D eigenvalue weighted by molar-refractivity contribution is 6.23. The number of nitrogens with zero attached hydrogens (tertiary/aromatic N) is 3. The van der Waals surface area contributed by atoms with E-state index in [-0.39, 0.29) is 18.7 Å². The number of fused-ring (bicyclic) bond motifs is 1. The van der Waals surface area contributed by atoms with Crippen LogP contribution in [-0.2, 0) is 25.5 Å². The van der Waals surface area contributed by atoms with E-state index < -0.39 is 23.8 Å². The summed E-state index contributed by atoms with van der Waals surface area (Å²) in [4.78, 5) is 55.2. The molecule has 4 rings (SSSR count). The van der Waals surface area contributed by atoms with E-state index in [1.165, 1.54) is 0 Å². The molecule has 37 heavy (non-hydrogen) atoms. The van der Waals surface area contributed by atoms with Crippen molar-refractivity contribution in [3.05, 3.63) is 34.9 Å². The summed E-state index contributed by atoms with van der Waals surface area (Å²) < 4.78 is 11.3. The molecule has 202 valence electrons. The fourth-order valence-corrected chi connectivity index (χ4v) is 4.96. The van der Waals surface area contributed by atoms with Crippen molar-refractivity contribution in [3.63, 3.8) is 0 Å². The lowest BCUT2D eigenvalue weighted by molar-refractivity contribution is -0.136. The number of ether oxygens (including phenoxy) is 2. The molecule has 3 aliphatic heterocycles. The molecule has 11 heteroatoms. The number of nitrogens with two attached hydrogens (primary N) is 1. The Kier molecular flexibility index (Phi) is 9.75. The van der Waals surface area contributed by atoms with Crippen molar-refractivity contribution in [2.75, 3.05) is 72.2 Å². The van der Waals surface area contributed by atoms with Crippen LogP contribution in [0.1, 0.15) is 45.5 Å². The number of nitrogens with one attached hydrogen (secondary N) is 1. The second-order valence-corrected chi connectivity index (χ2v) is 9.63. The van der Waals surface area contributed by atoms with E-state index in [1.807, 2.05) is 6.07 Å². The highest BCUT2D eigenvalue weighted by atomic mass is 16.5. The van der Waals surface area contributed by atoms with E-state index in [4.69, 9.17) is 15.2 Å². The third kappa shape index (κ3) is 6.99. The van der Waals surface area contributed by atoms with Gasteiger partial charge in [-0.3, -0.25) is 39.2 Å². The second-order valence-electron chi connectivity index (χ2n) is 9.63. The molecular weight excluding hydrogens is 478 g/mol. The number of rotatable bonds is 13. The van der Waals surface area contributed by atoms with Gasteiger partial charge in [-0.1, -0.05) is 6.07 Å². The van der Waals surface area contributed by atoms with Crippen LogP contribution < -0.4 is 11.1 Å². The van der Waals surface area contributed by atoms with Gasteiger partial charge in [-0.2, -0.15) is 0 Å². The normalized spacial score (nSPS) is 21.0. The van der Waals surface area contributed by atoms with E-state index in [2.05, 4.69) is 15.1 Å². The van der Waals surface area contributed by atoms with Gasteiger partial charge in [0.2, 0.25) is 11.8 Å². The van der Waals surface area contributed by atoms with Gasteiger partial charge in [0.15, 0.2) is 0 Å². The lowest BCUT2D eigenvalue weighted by atomic mass is 10.0. The van der Waals surface area contributed by atoms with Gasteiger partial charge >= 0.3 is 0 Å². The fraction of sp³-hybridized carbons (Fsp3) is 0.615. The third-order valence-corrected chi connectivity index (χ3v) is 7.09. The SMILES string of the molecule is NCCOCCN1CCN(CCOCCCc2ccc3c(c2)C(=O)N(C2CCC(=O)NC2=O)C3=O)CC1. The Balaban J connectivity index is 1.14. The zero-order valence-corrected chi connectivity index (χ0v) is 21.3. The first kappa shape index (κ1) is 27.3. The summed E-state index contributed by atoms with van der Waals surface area (Å²) in [5.41, 5.74) is 7.00. The first-order valence-electron chi connectivity index (χ1n) is 13.1. The predicted octanol–water partition coefficient (Wildman–Crippen LogP) is -0.370. The molecule has 1 aromatic carbocycles. The first-order valence-corrected chi connectivity index (χ1v) is 13.1. The Bertz CT molecular complexity index is 994. The number of benzene rings is 1. The number of piperazine rings is 1. The summed E-state index contributed by atoms with van der Waals surface area (Å²) in [6.45, 7) is 9.17. The van der Waals surface area contributed by atoms with Crippen LogP contribution in [0.25, 0.3) is 0 Å². The molecule has 3 heterocycles. The van der Waals surface area contributed by atoms with E-state index in [1.54, 1.807) is 12.1 Å². The quantitative estimate of drug-likeness (QED) is 0.267. The van der Waals surface area contributed by atoms with E-state index in [0.29, 0.717) is 37.5 Å². The number of carbonyl (C=O) groups is 4. The maximum Gasteiger partial charge on any atom is 0.262 e. The minimum atomic E-state index is -0.944. The molecular formula is C26H37N5O6. The first-order chi connectivity index (χ1) is 18.0. The molecule has 11 nitrogen and oxygen atoms in total. The van der Waals surface area contributed by atoms with Crippen LogP contribution in [0.3, 0.4) is 0 Å². The Morgan fingerprint density at radius 2 is 1.51 bits per heavy atom. The smallest absolute Gasteiger partial charge is 0.262 e. The molecule has 0 aliphatic carbocycles. The van der Waals surface area contributed by atoms with Crippen LogP contribution in [0.2, 0.25) is 0 Å². The highest BCUT2D eigenvalue weighted by Gasteiger charge is 2.44. The number of carbonyl (C=O) groups excluding carboxylic acids is 4. The third-order valence-electron chi connectivity index (χ3n) is 7.09. The Morgan fingerprint density at radius 1 is 0.865 bits per heavy atom. The molecule has 2 saturated heterocycles. The Hall–Kier alpha value is -2.70. The monoisotopic (exact) mass is 515 g/mol. The van der Waals surface area contributed by atoms with E-state index in [9.17, 15) is 19.2 Å². The zero-order chi connectivity index (χ0) is 26.2. The summed E-state index contributed by atoms with van der Waals surface area (Å²) in [6.07, 6.45) is 1.78.